The Kier molecular flexibility index (Phi) is 6.65. The van der Waals surface area contributed by atoms with Gasteiger partial charge >= 0.3 is 0 Å². The summed E-state index contributed by atoms with van der Waals surface area (Å²) in [4.78, 5) is 2.23. The molecule has 0 amide bonds. The lowest BCUT2D eigenvalue weighted by molar-refractivity contribution is 0.403. The van der Waals surface area contributed by atoms with Gasteiger partial charge in [-0.3, -0.25) is 0 Å². The van der Waals surface area contributed by atoms with E-state index in [1.165, 1.54) is 22.0 Å². The molecule has 0 fully saturated rings. The van der Waals surface area contributed by atoms with Crippen molar-refractivity contribution < 1.29 is 5.11 Å². The van der Waals surface area contributed by atoms with Crippen molar-refractivity contribution in [1.29, 1.82) is 0 Å². The van der Waals surface area contributed by atoms with Crippen molar-refractivity contribution >= 4 is 13.9 Å². The van der Waals surface area contributed by atoms with Gasteiger partial charge < -0.3 is 10.0 Å². The van der Waals surface area contributed by atoms with Crippen LogP contribution in [0, 0.1) is 13.8 Å². The second-order valence-electron chi connectivity index (χ2n) is 7.28. The average Bonchev–Trinajstić information content (AvgIpc) is 2.57. The van der Waals surface area contributed by atoms with Crippen LogP contribution in [0.1, 0.15) is 48.9 Å². The summed E-state index contributed by atoms with van der Waals surface area (Å²) >= 11 is 0. The molecule has 0 aromatic heterocycles. The number of benzene rings is 2. The van der Waals surface area contributed by atoms with E-state index < -0.39 is 0 Å². The van der Waals surface area contributed by atoms with Crippen LogP contribution in [0.15, 0.2) is 36.4 Å². The van der Waals surface area contributed by atoms with Gasteiger partial charge in [0.2, 0.25) is 0 Å². The van der Waals surface area contributed by atoms with E-state index in [4.69, 9.17) is 0 Å². The Morgan fingerprint density at radius 3 is 2.32 bits per heavy atom. The van der Waals surface area contributed by atoms with Gasteiger partial charge in [-0.2, -0.15) is 0 Å². The molecular formula is C22H32NOP. The molecule has 0 aliphatic rings. The number of phenolic OH excluding ortho intramolecular Hbond substituents is 1. The summed E-state index contributed by atoms with van der Waals surface area (Å²) in [6.45, 7) is 9.78. The average molecular weight is 357 g/mol. The third kappa shape index (κ3) is 4.43. The van der Waals surface area contributed by atoms with Crippen molar-refractivity contribution in [3.63, 3.8) is 0 Å². The third-order valence-electron chi connectivity index (χ3n) is 5.08. The zero-order chi connectivity index (χ0) is 18.6. The minimum absolute atomic E-state index is 0.0106. The zero-order valence-corrected chi connectivity index (χ0v) is 17.5. The summed E-state index contributed by atoms with van der Waals surface area (Å²) in [5.41, 5.74) is 5.08. The molecule has 25 heavy (non-hydrogen) atoms. The van der Waals surface area contributed by atoms with Crippen molar-refractivity contribution in [3.05, 3.63) is 58.7 Å². The lowest BCUT2D eigenvalue weighted by Crippen LogP contribution is -2.26. The first-order valence-electron chi connectivity index (χ1n) is 9.14. The first kappa shape index (κ1) is 19.9. The van der Waals surface area contributed by atoms with Gasteiger partial charge in [0.05, 0.1) is 0 Å². The first-order chi connectivity index (χ1) is 11.8. The van der Waals surface area contributed by atoms with Crippen LogP contribution in [0.2, 0.25) is 0 Å². The van der Waals surface area contributed by atoms with Gasteiger partial charge in [-0.05, 0) is 63.3 Å². The summed E-state index contributed by atoms with van der Waals surface area (Å²) in [5, 5.41) is 12.0. The molecule has 0 heterocycles. The number of phenols is 1. The number of nitrogens with zero attached hydrogens (tertiary/aromatic N) is 1. The molecule has 2 rings (SSSR count). The molecule has 2 aromatic rings. The largest absolute Gasteiger partial charge is 0.508 e. The molecule has 0 aliphatic carbocycles. The maximum Gasteiger partial charge on any atom is 0.119 e. The number of aromatic hydroxyl groups is 1. The van der Waals surface area contributed by atoms with E-state index in [1.54, 1.807) is 0 Å². The maximum absolute atomic E-state index is 10.6. The van der Waals surface area contributed by atoms with Gasteiger partial charge in [0, 0.05) is 17.3 Å². The van der Waals surface area contributed by atoms with E-state index in [0.717, 1.165) is 24.9 Å². The lowest BCUT2D eigenvalue weighted by atomic mass is 9.91. The van der Waals surface area contributed by atoms with Gasteiger partial charge in [0.1, 0.15) is 5.75 Å². The lowest BCUT2D eigenvalue weighted by Gasteiger charge is -2.35. The minimum Gasteiger partial charge on any atom is -0.508 e. The topological polar surface area (TPSA) is 23.5 Å². The van der Waals surface area contributed by atoms with Gasteiger partial charge in [0.15, 0.2) is 0 Å². The number of aryl methyl sites for hydroxylation is 2. The van der Waals surface area contributed by atoms with Gasteiger partial charge in [-0.15, -0.1) is 0 Å². The second kappa shape index (κ2) is 8.34. The summed E-state index contributed by atoms with van der Waals surface area (Å²) in [5.74, 6) is 0.435. The Morgan fingerprint density at radius 2 is 1.72 bits per heavy atom. The van der Waals surface area contributed by atoms with Crippen LogP contribution in [0.4, 0.5) is 0 Å². The van der Waals surface area contributed by atoms with Gasteiger partial charge in [0.25, 0.3) is 0 Å². The molecule has 0 spiro atoms. The number of hydrogen-bond donors (Lipinski definition) is 1. The van der Waals surface area contributed by atoms with Crippen molar-refractivity contribution in [2.45, 2.75) is 52.2 Å². The fourth-order valence-electron chi connectivity index (χ4n) is 3.53. The molecule has 0 bridgehead atoms. The highest BCUT2D eigenvalue weighted by Crippen LogP contribution is 2.50. The predicted octanol–water partition coefficient (Wildman–Crippen LogP) is 5.09. The van der Waals surface area contributed by atoms with E-state index >= 15 is 0 Å². The highest BCUT2D eigenvalue weighted by Gasteiger charge is 2.32. The Hall–Kier alpha value is -1.37. The van der Waals surface area contributed by atoms with Crippen LogP contribution in [0.25, 0.3) is 0 Å². The Bertz CT molecular complexity index is 720. The van der Waals surface area contributed by atoms with Crippen LogP contribution in [-0.4, -0.2) is 24.1 Å². The summed E-state index contributed by atoms with van der Waals surface area (Å²) in [7, 11) is 4.89. The summed E-state index contributed by atoms with van der Waals surface area (Å²) in [6.07, 6.45) is 2.05. The fraction of sp³-hybridized carbons (Fsp3) is 0.455. The van der Waals surface area contributed by atoms with Gasteiger partial charge in [-0.1, -0.05) is 58.3 Å². The van der Waals surface area contributed by atoms with Crippen LogP contribution in [0.3, 0.4) is 0 Å². The monoisotopic (exact) mass is 357 g/mol. The molecule has 3 heteroatoms. The first-order valence-corrected chi connectivity index (χ1v) is 10.1. The standard InChI is InChI=1S/C22H32NOP/c1-7-22(8-2,19-14-16(3)12-13-20(19)24)25-21-17(4)10-9-11-18(21)15-23(5)6/h9-14,24-25H,7-8,15H2,1-6H3. The molecule has 2 nitrogen and oxygen atoms in total. The van der Waals surface area contributed by atoms with Crippen molar-refractivity contribution in [2.75, 3.05) is 14.1 Å². The van der Waals surface area contributed by atoms with E-state index in [-0.39, 0.29) is 5.16 Å². The van der Waals surface area contributed by atoms with E-state index in [2.05, 4.69) is 71.0 Å². The molecule has 2 aromatic carbocycles. The minimum atomic E-state index is -0.0106. The third-order valence-corrected chi connectivity index (χ3v) is 7.51. The Labute approximate surface area is 155 Å². The second-order valence-corrected chi connectivity index (χ2v) is 8.99. The molecule has 0 aliphatic heterocycles. The highest BCUT2D eigenvalue weighted by atomic mass is 31.1. The molecule has 1 atom stereocenters. The van der Waals surface area contributed by atoms with Gasteiger partial charge in [-0.25, -0.2) is 0 Å². The van der Waals surface area contributed by atoms with Crippen molar-refractivity contribution in [1.82, 2.24) is 4.90 Å². The van der Waals surface area contributed by atoms with Crippen LogP contribution in [0.5, 0.6) is 5.75 Å². The van der Waals surface area contributed by atoms with Crippen molar-refractivity contribution in [2.24, 2.45) is 0 Å². The normalized spacial score (nSPS) is 12.4. The maximum atomic E-state index is 10.6. The summed E-state index contributed by atoms with van der Waals surface area (Å²) in [6, 6.07) is 12.7. The molecule has 1 N–H and O–H groups in total. The quantitative estimate of drug-likeness (QED) is 0.698. The number of rotatable bonds is 7. The molecule has 136 valence electrons. The van der Waals surface area contributed by atoms with E-state index in [9.17, 15) is 5.11 Å². The fourth-order valence-corrected chi connectivity index (χ4v) is 5.30. The van der Waals surface area contributed by atoms with Crippen LogP contribution < -0.4 is 5.30 Å². The Balaban J connectivity index is 2.55. The number of hydrogen-bond acceptors (Lipinski definition) is 2. The zero-order valence-electron chi connectivity index (χ0n) is 16.5. The molecule has 1 unspecified atom stereocenters. The van der Waals surface area contributed by atoms with Crippen molar-refractivity contribution in [3.8, 4) is 5.75 Å². The molecule has 0 radical (unpaired) electrons. The van der Waals surface area contributed by atoms with Crippen LogP contribution >= 0.6 is 8.58 Å². The Morgan fingerprint density at radius 1 is 1.04 bits per heavy atom. The summed E-state index contributed by atoms with van der Waals surface area (Å²) < 4.78 is 0. The molecule has 0 saturated carbocycles. The smallest absolute Gasteiger partial charge is 0.119 e. The van der Waals surface area contributed by atoms with E-state index in [0.29, 0.717) is 14.3 Å². The molecule has 0 saturated heterocycles. The SMILES string of the molecule is CCC(CC)(Pc1c(C)cccc1CN(C)C)c1cc(C)ccc1O. The van der Waals surface area contributed by atoms with E-state index in [1.807, 2.05) is 12.1 Å². The highest BCUT2D eigenvalue weighted by molar-refractivity contribution is 7.48. The van der Waals surface area contributed by atoms with Crippen LogP contribution in [-0.2, 0) is 11.7 Å². The predicted molar refractivity (Wildman–Crippen MR) is 112 cm³/mol. The molecular weight excluding hydrogens is 325 g/mol.